The van der Waals surface area contributed by atoms with Gasteiger partial charge in [-0.25, -0.2) is 8.42 Å². The number of aryl methyl sites for hydroxylation is 1. The van der Waals surface area contributed by atoms with Crippen LogP contribution in [0.4, 0.5) is 0 Å². The maximum atomic E-state index is 11.1. The third kappa shape index (κ3) is 1.70. The molecular weight excluding hydrogens is 198 g/mol. The highest BCUT2D eigenvalue weighted by atomic mass is 32.2. The SMILES string of the molecule is Cc1ccccc1C1=NS(=O)(=O)CC1. The average Bonchev–Trinajstić information content (AvgIpc) is 2.47. The van der Waals surface area contributed by atoms with E-state index < -0.39 is 10.0 Å². The average molecular weight is 209 g/mol. The number of hydrogen-bond donors (Lipinski definition) is 0. The molecule has 3 nitrogen and oxygen atoms in total. The van der Waals surface area contributed by atoms with Gasteiger partial charge >= 0.3 is 0 Å². The van der Waals surface area contributed by atoms with Crippen LogP contribution in [0.25, 0.3) is 0 Å². The molecule has 0 saturated heterocycles. The molecule has 0 atom stereocenters. The molecule has 0 radical (unpaired) electrons. The number of hydrogen-bond acceptors (Lipinski definition) is 2. The van der Waals surface area contributed by atoms with Crippen molar-refractivity contribution in [3.8, 4) is 0 Å². The molecule has 1 aliphatic rings. The Morgan fingerprint density at radius 1 is 1.29 bits per heavy atom. The van der Waals surface area contributed by atoms with Gasteiger partial charge in [-0.15, -0.1) is 0 Å². The van der Waals surface area contributed by atoms with Crippen molar-refractivity contribution in [2.75, 3.05) is 5.75 Å². The van der Waals surface area contributed by atoms with Crippen LogP contribution in [0.15, 0.2) is 28.7 Å². The Hall–Kier alpha value is -1.16. The Balaban J connectivity index is 2.48. The van der Waals surface area contributed by atoms with Gasteiger partial charge in [0.1, 0.15) is 0 Å². The first-order valence-electron chi connectivity index (χ1n) is 4.46. The Morgan fingerprint density at radius 2 is 2.00 bits per heavy atom. The van der Waals surface area contributed by atoms with Crippen molar-refractivity contribution in [2.24, 2.45) is 4.40 Å². The van der Waals surface area contributed by atoms with Crippen molar-refractivity contribution >= 4 is 15.7 Å². The van der Waals surface area contributed by atoms with Gasteiger partial charge in [0.15, 0.2) is 0 Å². The fourth-order valence-corrected chi connectivity index (χ4v) is 2.63. The molecule has 0 fully saturated rings. The lowest BCUT2D eigenvalue weighted by Gasteiger charge is -2.02. The summed E-state index contributed by atoms with van der Waals surface area (Å²) in [5.41, 5.74) is 2.72. The van der Waals surface area contributed by atoms with Crippen LogP contribution in [-0.4, -0.2) is 19.9 Å². The minimum absolute atomic E-state index is 0.149. The van der Waals surface area contributed by atoms with Crippen molar-refractivity contribution < 1.29 is 8.42 Å². The van der Waals surface area contributed by atoms with E-state index in [1.54, 1.807) is 0 Å². The summed E-state index contributed by atoms with van der Waals surface area (Å²) < 4.78 is 26.0. The second kappa shape index (κ2) is 3.20. The quantitative estimate of drug-likeness (QED) is 0.704. The van der Waals surface area contributed by atoms with E-state index in [4.69, 9.17) is 0 Å². The van der Waals surface area contributed by atoms with Gasteiger partial charge in [-0.05, 0) is 18.1 Å². The molecule has 4 heteroatoms. The number of nitrogens with zero attached hydrogens (tertiary/aromatic N) is 1. The first kappa shape index (κ1) is 9.40. The van der Waals surface area contributed by atoms with Gasteiger partial charge in [-0.1, -0.05) is 24.3 Å². The molecule has 14 heavy (non-hydrogen) atoms. The Morgan fingerprint density at radius 3 is 2.57 bits per heavy atom. The zero-order valence-corrected chi connectivity index (χ0v) is 8.71. The first-order valence-corrected chi connectivity index (χ1v) is 6.07. The second-order valence-electron chi connectivity index (χ2n) is 3.39. The summed E-state index contributed by atoms with van der Waals surface area (Å²) in [5.74, 6) is 0.149. The number of benzene rings is 1. The topological polar surface area (TPSA) is 46.5 Å². The molecule has 2 rings (SSSR count). The minimum Gasteiger partial charge on any atom is -0.205 e. The van der Waals surface area contributed by atoms with E-state index >= 15 is 0 Å². The van der Waals surface area contributed by atoms with Gasteiger partial charge in [-0.2, -0.15) is 4.40 Å². The molecule has 1 aliphatic heterocycles. The van der Waals surface area contributed by atoms with E-state index in [2.05, 4.69) is 4.40 Å². The fraction of sp³-hybridized carbons (Fsp3) is 0.300. The van der Waals surface area contributed by atoms with Crippen LogP contribution in [0.2, 0.25) is 0 Å². The normalized spacial score (nSPS) is 19.4. The summed E-state index contributed by atoms with van der Waals surface area (Å²) in [6.45, 7) is 1.96. The Labute approximate surface area is 83.5 Å². The van der Waals surface area contributed by atoms with Gasteiger partial charge in [-0.3, -0.25) is 0 Å². The monoisotopic (exact) mass is 209 g/mol. The molecule has 74 valence electrons. The maximum Gasteiger partial charge on any atom is 0.253 e. The summed E-state index contributed by atoms with van der Waals surface area (Å²) in [6.07, 6.45) is 0.535. The maximum absolute atomic E-state index is 11.1. The van der Waals surface area contributed by atoms with Gasteiger partial charge < -0.3 is 0 Å². The van der Waals surface area contributed by atoms with Crippen molar-refractivity contribution in [1.29, 1.82) is 0 Å². The van der Waals surface area contributed by atoms with Crippen LogP contribution < -0.4 is 0 Å². The van der Waals surface area contributed by atoms with Gasteiger partial charge in [0.2, 0.25) is 0 Å². The van der Waals surface area contributed by atoms with Gasteiger partial charge in [0.05, 0.1) is 11.5 Å². The van der Waals surface area contributed by atoms with Crippen LogP contribution in [0.3, 0.4) is 0 Å². The molecule has 0 spiro atoms. The summed E-state index contributed by atoms with van der Waals surface area (Å²) in [4.78, 5) is 0. The molecule has 0 N–H and O–H groups in total. The van der Waals surface area contributed by atoms with Crippen LogP contribution in [0, 0.1) is 6.92 Å². The highest BCUT2D eigenvalue weighted by Crippen LogP contribution is 2.17. The minimum atomic E-state index is -3.17. The van der Waals surface area contributed by atoms with E-state index in [-0.39, 0.29) is 5.75 Å². The first-order chi connectivity index (χ1) is 6.58. The predicted octanol–water partition coefficient (Wildman–Crippen LogP) is 1.52. The van der Waals surface area contributed by atoms with E-state index in [9.17, 15) is 8.42 Å². The largest absolute Gasteiger partial charge is 0.253 e. The van der Waals surface area contributed by atoms with Crippen molar-refractivity contribution in [3.63, 3.8) is 0 Å². The molecule has 1 heterocycles. The standard InChI is InChI=1S/C10H11NO2S/c1-8-4-2-3-5-9(8)10-6-7-14(12,13)11-10/h2-5H,6-7H2,1H3. The lowest BCUT2D eigenvalue weighted by molar-refractivity contribution is 0.600. The summed E-state index contributed by atoms with van der Waals surface area (Å²) in [5, 5.41) is 0. The van der Waals surface area contributed by atoms with Crippen LogP contribution >= 0.6 is 0 Å². The molecule has 0 amide bonds. The third-order valence-electron chi connectivity index (χ3n) is 2.30. The van der Waals surface area contributed by atoms with Crippen molar-refractivity contribution in [2.45, 2.75) is 13.3 Å². The molecule has 0 aromatic heterocycles. The lowest BCUT2D eigenvalue weighted by atomic mass is 10.0. The zero-order chi connectivity index (χ0) is 10.2. The fourth-order valence-electron chi connectivity index (χ4n) is 1.57. The zero-order valence-electron chi connectivity index (χ0n) is 7.90. The Bertz CT molecular complexity index is 489. The third-order valence-corrected chi connectivity index (χ3v) is 3.52. The van der Waals surface area contributed by atoms with Crippen LogP contribution in [0.5, 0.6) is 0 Å². The Kier molecular flexibility index (Phi) is 2.15. The predicted molar refractivity (Wildman–Crippen MR) is 56.1 cm³/mol. The molecule has 0 unspecified atom stereocenters. The highest BCUT2D eigenvalue weighted by molar-refractivity contribution is 7.90. The molecule has 0 bridgehead atoms. The van der Waals surface area contributed by atoms with Gasteiger partial charge in [0.25, 0.3) is 10.0 Å². The number of sulfonamides is 1. The van der Waals surface area contributed by atoms with E-state index in [0.717, 1.165) is 11.1 Å². The second-order valence-corrected chi connectivity index (χ2v) is 5.14. The molecule has 1 aromatic rings. The van der Waals surface area contributed by atoms with Gasteiger partial charge in [0, 0.05) is 6.42 Å². The summed E-state index contributed by atoms with van der Waals surface area (Å²) in [7, 11) is -3.17. The molecule has 0 saturated carbocycles. The van der Waals surface area contributed by atoms with Crippen LogP contribution in [0.1, 0.15) is 17.5 Å². The van der Waals surface area contributed by atoms with E-state index in [0.29, 0.717) is 12.1 Å². The van der Waals surface area contributed by atoms with Crippen LogP contribution in [-0.2, 0) is 10.0 Å². The molecule has 0 aliphatic carbocycles. The van der Waals surface area contributed by atoms with E-state index in [1.165, 1.54) is 0 Å². The summed E-state index contributed by atoms with van der Waals surface area (Å²) >= 11 is 0. The molecule has 1 aromatic carbocycles. The highest BCUT2D eigenvalue weighted by Gasteiger charge is 2.21. The van der Waals surface area contributed by atoms with Crippen molar-refractivity contribution in [1.82, 2.24) is 0 Å². The summed E-state index contributed by atoms with van der Waals surface area (Å²) in [6, 6.07) is 7.70. The smallest absolute Gasteiger partial charge is 0.205 e. The van der Waals surface area contributed by atoms with Crippen molar-refractivity contribution in [3.05, 3.63) is 35.4 Å². The van der Waals surface area contributed by atoms with E-state index in [1.807, 2.05) is 31.2 Å². The molecular formula is C10H11NO2S. The lowest BCUT2D eigenvalue weighted by Crippen LogP contribution is -1.99. The number of rotatable bonds is 1.